The molecule has 2 amide bonds. The maximum absolute atomic E-state index is 13.1. The molecule has 1 saturated carbocycles. The molecule has 3 aromatic rings. The molecule has 0 saturated heterocycles. The maximum atomic E-state index is 13.1. The normalized spacial score (nSPS) is 18.2. The van der Waals surface area contributed by atoms with Crippen LogP contribution in [0.15, 0.2) is 85.7 Å². The first-order chi connectivity index (χ1) is 31.5. The Morgan fingerprint density at radius 2 is 1.64 bits per heavy atom. The average Bonchev–Trinajstić information content (AvgIpc) is 3.60. The minimum atomic E-state index is -6.19. The van der Waals surface area contributed by atoms with Crippen molar-refractivity contribution in [3.05, 3.63) is 115 Å². The van der Waals surface area contributed by atoms with Gasteiger partial charge in [0, 0.05) is 71.9 Å². The maximum Gasteiger partial charge on any atom is 0.336 e. The van der Waals surface area contributed by atoms with Gasteiger partial charge in [-0.1, -0.05) is 24.6 Å². The van der Waals surface area contributed by atoms with E-state index < -0.39 is 71.3 Å². The number of aromatic carboxylic acids is 1. The number of amides is 2. The third kappa shape index (κ3) is 13.4. The number of aliphatic hydroxyl groups is 1. The predicted octanol–water partition coefficient (Wildman–Crippen LogP) is 1.07. The molecule has 2 aliphatic carbocycles. The summed E-state index contributed by atoms with van der Waals surface area (Å²) in [5.41, 5.74) is -0.773. The largest absolute Gasteiger partial charge is 0.790 e. The van der Waals surface area contributed by atoms with Crippen LogP contribution in [0.25, 0.3) is 39.5 Å². The second kappa shape index (κ2) is 21.0. The Labute approximate surface area is 377 Å². The molecule has 2 heterocycles. The molecular formula is C40H39N4O20P3-4. The number of phosphoric acid groups is 3. The Bertz CT molecular complexity index is 3030. The van der Waals surface area contributed by atoms with Gasteiger partial charge >= 0.3 is 11.7 Å². The molecule has 1 aromatic heterocycles. The highest BCUT2D eigenvalue weighted by Gasteiger charge is 2.36. The molecule has 3 aliphatic rings. The molecular weight excluding hydrogens is 949 g/mol. The number of phenols is 1. The van der Waals surface area contributed by atoms with E-state index in [4.69, 9.17) is 4.42 Å². The van der Waals surface area contributed by atoms with Crippen LogP contribution in [0.3, 0.4) is 0 Å². The Kier molecular flexibility index (Phi) is 15.8. The number of unbranched alkanes of at least 4 members (excludes halogenated alkanes) is 2. The van der Waals surface area contributed by atoms with Gasteiger partial charge in [0.2, 0.25) is 5.91 Å². The Morgan fingerprint density at radius 3 is 2.37 bits per heavy atom. The van der Waals surface area contributed by atoms with Crippen molar-refractivity contribution in [2.45, 2.75) is 50.7 Å². The molecule has 5 atom stereocenters. The molecule has 6 rings (SSSR count). The standard InChI is InChI=1S/C40H43N4O20P3/c45-26-8-11-29-33(18-26)62-34-19-27(46)9-12-30(34)36(29)28-10-7-22(16-31(28)39(51)52)37(49)42-13-3-1-2-6-35(48)41-14-4-5-23-20-44(40(53)43-38(23)50)25-15-24(32(47)17-25)21-61-66(57,58)64-67(59,60)63-65(54,55)56/h4-5,7-12,16,18-20,24-25,32,45,47H,1-3,6,13-15,17,21H2,(H,41,48)(H,42,49)(H,51,52)(H,57,58)(H,59,60)(H,43,50,53)(H2,54,55,56)/p-4/b5-4+/t24-,25-,32+/m1/s1. The molecule has 24 nitrogen and oxygen atoms in total. The van der Waals surface area contributed by atoms with Crippen molar-refractivity contribution in [2.75, 3.05) is 19.7 Å². The Morgan fingerprint density at radius 1 is 0.896 bits per heavy atom. The highest BCUT2D eigenvalue weighted by molar-refractivity contribution is 7.64. The van der Waals surface area contributed by atoms with Crippen LogP contribution in [-0.4, -0.2) is 68.5 Å². The van der Waals surface area contributed by atoms with Crippen LogP contribution in [-0.2, 0) is 31.6 Å². The smallest absolute Gasteiger partial charge is 0.336 e. The fraction of sp³-hybridized carbons (Fsp3) is 0.300. The summed E-state index contributed by atoms with van der Waals surface area (Å²) in [6, 6.07) is 11.8. The van der Waals surface area contributed by atoms with Gasteiger partial charge in [-0.2, -0.15) is 0 Å². The number of aliphatic hydroxyl groups excluding tert-OH is 1. The minimum Gasteiger partial charge on any atom is -0.790 e. The van der Waals surface area contributed by atoms with E-state index in [1.807, 2.05) is 0 Å². The van der Waals surface area contributed by atoms with Gasteiger partial charge in [-0.3, -0.25) is 42.2 Å². The lowest BCUT2D eigenvalue weighted by molar-refractivity contribution is -0.339. The van der Waals surface area contributed by atoms with E-state index in [-0.39, 0.29) is 83.0 Å². The van der Waals surface area contributed by atoms with E-state index >= 15 is 0 Å². The molecule has 0 bridgehead atoms. The monoisotopic (exact) mass is 988 g/mol. The molecule has 2 aromatic carbocycles. The van der Waals surface area contributed by atoms with E-state index in [2.05, 4.69) is 28.8 Å². The summed E-state index contributed by atoms with van der Waals surface area (Å²) < 4.78 is 51.8. The first-order valence-corrected chi connectivity index (χ1v) is 24.4. The van der Waals surface area contributed by atoms with Crippen molar-refractivity contribution in [1.29, 1.82) is 0 Å². The first-order valence-electron chi connectivity index (χ1n) is 20.0. The van der Waals surface area contributed by atoms with Crippen LogP contribution in [0.5, 0.6) is 5.75 Å². The summed E-state index contributed by atoms with van der Waals surface area (Å²) in [5, 5.41) is 36.6. The van der Waals surface area contributed by atoms with Gasteiger partial charge < -0.3 is 59.0 Å². The van der Waals surface area contributed by atoms with Gasteiger partial charge in [0.1, 0.15) is 17.1 Å². The number of H-pyrrole nitrogens is 1. The molecule has 6 N–H and O–H groups in total. The number of nitrogens with zero attached hydrogens (tertiary/aromatic N) is 1. The first kappa shape index (κ1) is 50.5. The SMILES string of the molecule is O=C(CCCCCNC(=O)c1ccc(-c2c3ccc(=O)cc-3oc3cc(O)ccc23)c(C(=O)O)c1)NC/C=C/c1cn([C@@H]2C[C@H](COP(=O)([O-])OP(=O)([O-])OP(=O)([O-])[O-])[C@@H](O)C2)c(=O)[nH]c1=O. The number of hydrogen-bond acceptors (Lipinski definition) is 19. The van der Waals surface area contributed by atoms with E-state index in [1.54, 1.807) is 6.07 Å². The number of aromatic hydroxyl groups is 1. The zero-order valence-corrected chi connectivity index (χ0v) is 37.3. The van der Waals surface area contributed by atoms with Gasteiger partial charge in [-0.15, -0.1) is 0 Å². The van der Waals surface area contributed by atoms with Crippen LogP contribution in [0, 0.1) is 5.92 Å². The summed E-state index contributed by atoms with van der Waals surface area (Å²) in [4.78, 5) is 122. The van der Waals surface area contributed by atoms with Gasteiger partial charge in [-0.05, 0) is 67.6 Å². The summed E-state index contributed by atoms with van der Waals surface area (Å²) >= 11 is 0. The van der Waals surface area contributed by atoms with E-state index in [0.717, 1.165) is 4.57 Å². The van der Waals surface area contributed by atoms with Crippen molar-refractivity contribution < 1.29 is 80.5 Å². The molecule has 1 fully saturated rings. The van der Waals surface area contributed by atoms with Crippen LogP contribution < -0.4 is 46.9 Å². The van der Waals surface area contributed by atoms with Crippen LogP contribution in [0.4, 0.5) is 0 Å². The second-order valence-corrected chi connectivity index (χ2v) is 19.4. The average molecular weight is 989 g/mol. The number of aromatic nitrogens is 2. The van der Waals surface area contributed by atoms with Crippen molar-refractivity contribution in [1.82, 2.24) is 20.2 Å². The summed E-state index contributed by atoms with van der Waals surface area (Å²) in [7, 11) is -18.2. The van der Waals surface area contributed by atoms with Crippen LogP contribution in [0.1, 0.15) is 70.8 Å². The topological polar surface area (TPSA) is 392 Å². The second-order valence-electron chi connectivity index (χ2n) is 15.2. The molecule has 1 aliphatic heterocycles. The zero-order valence-electron chi connectivity index (χ0n) is 34.6. The zero-order chi connectivity index (χ0) is 48.8. The number of carboxylic acid groups (broad SMARTS) is 1. The number of carbonyl (C=O) groups excluding carboxylic acids is 2. The highest BCUT2D eigenvalue weighted by atomic mass is 31.3. The number of aromatic amines is 1. The molecule has 0 radical (unpaired) electrons. The van der Waals surface area contributed by atoms with Gasteiger partial charge in [-0.25, -0.2) is 13.9 Å². The number of rotatable bonds is 20. The lowest BCUT2D eigenvalue weighted by Gasteiger charge is -2.37. The number of phenolic OH excluding ortho intramolecular Hbond substituents is 1. The van der Waals surface area contributed by atoms with Crippen molar-refractivity contribution in [2.24, 2.45) is 5.92 Å². The van der Waals surface area contributed by atoms with Crippen molar-refractivity contribution in [3.63, 3.8) is 0 Å². The molecule has 67 heavy (non-hydrogen) atoms. The van der Waals surface area contributed by atoms with Crippen LogP contribution >= 0.6 is 23.5 Å². The number of benzene rings is 3. The molecule has 2 unspecified atom stereocenters. The lowest BCUT2D eigenvalue weighted by Crippen LogP contribution is -2.33. The summed E-state index contributed by atoms with van der Waals surface area (Å²) in [6.07, 6.45) is 3.98. The van der Waals surface area contributed by atoms with E-state index in [0.29, 0.717) is 35.8 Å². The third-order valence-corrected chi connectivity index (χ3v) is 14.1. The number of nitrogens with one attached hydrogen (secondary N) is 3. The number of carbonyl (C=O) groups is 3. The fourth-order valence-corrected chi connectivity index (χ4v) is 10.3. The number of fused-ring (bicyclic) bond motifs is 2. The van der Waals surface area contributed by atoms with Crippen LogP contribution in [0.2, 0.25) is 0 Å². The molecule has 358 valence electrons. The minimum absolute atomic E-state index is 0.0112. The third-order valence-electron chi connectivity index (χ3n) is 10.4. The van der Waals surface area contributed by atoms with Gasteiger partial charge in [0.25, 0.3) is 27.1 Å². The van der Waals surface area contributed by atoms with Crippen molar-refractivity contribution in [3.8, 4) is 28.2 Å². The van der Waals surface area contributed by atoms with E-state index in [1.165, 1.54) is 66.9 Å². The number of hydrogen-bond donors (Lipinski definition) is 6. The quantitative estimate of drug-likeness (QED) is 0.0361. The van der Waals surface area contributed by atoms with Gasteiger partial charge in [0.05, 0.1) is 31.7 Å². The molecule has 27 heteroatoms. The molecule has 0 spiro atoms. The number of phosphoric ester groups is 1. The van der Waals surface area contributed by atoms with E-state index in [9.17, 15) is 77.4 Å². The number of carboxylic acids is 1. The van der Waals surface area contributed by atoms with Crippen molar-refractivity contribution >= 4 is 58.3 Å². The fourth-order valence-electron chi connectivity index (χ4n) is 7.41. The Balaban J connectivity index is 0.951. The summed E-state index contributed by atoms with van der Waals surface area (Å²) in [5.74, 6) is -3.12. The highest BCUT2D eigenvalue weighted by Crippen LogP contribution is 2.60. The van der Waals surface area contributed by atoms with Gasteiger partial charge in [0.15, 0.2) is 5.43 Å². The predicted molar refractivity (Wildman–Crippen MR) is 226 cm³/mol. The Hall–Kier alpha value is -5.87. The summed E-state index contributed by atoms with van der Waals surface area (Å²) in [6.45, 7) is -0.678. The lowest BCUT2D eigenvalue weighted by atomic mass is 9.90.